The number of amides is 3. The lowest BCUT2D eigenvalue weighted by Crippen LogP contribution is -2.40. The number of benzene rings is 1. The zero-order valence-corrected chi connectivity index (χ0v) is 8.84. The predicted octanol–water partition coefficient (Wildman–Crippen LogP) is 1.52. The third-order valence-electron chi connectivity index (χ3n) is 2.49. The van der Waals surface area contributed by atoms with Gasteiger partial charge in [0.15, 0.2) is 0 Å². The van der Waals surface area contributed by atoms with E-state index in [1.165, 1.54) is 7.05 Å². The first-order chi connectivity index (χ1) is 7.74. The molecule has 1 heterocycles. The van der Waals surface area contributed by atoms with Gasteiger partial charge in [-0.3, -0.25) is 0 Å². The average molecular weight is 220 g/mol. The van der Waals surface area contributed by atoms with E-state index in [1.807, 2.05) is 30.3 Å². The fourth-order valence-corrected chi connectivity index (χ4v) is 1.69. The highest BCUT2D eigenvalue weighted by Gasteiger charge is 2.38. The van der Waals surface area contributed by atoms with E-state index >= 15 is 0 Å². The molecule has 1 aromatic carbocycles. The molecule has 0 bridgehead atoms. The first kappa shape index (κ1) is 10.5. The normalized spacial score (nSPS) is 19.4. The summed E-state index contributed by atoms with van der Waals surface area (Å²) in [7, 11) is 1.48. The summed E-state index contributed by atoms with van der Waals surface area (Å²) in [6, 6.07) is 8.54. The molecule has 0 radical (unpaired) electrons. The van der Waals surface area contributed by atoms with Crippen molar-refractivity contribution < 1.29 is 14.3 Å². The van der Waals surface area contributed by atoms with E-state index in [-0.39, 0.29) is 12.6 Å². The Morgan fingerprint density at radius 2 is 2.12 bits per heavy atom. The Balaban J connectivity index is 2.28. The van der Waals surface area contributed by atoms with Crippen LogP contribution in [0.15, 0.2) is 30.3 Å². The molecule has 1 saturated heterocycles. The largest absolute Gasteiger partial charge is 0.446 e. The van der Waals surface area contributed by atoms with Crippen molar-refractivity contribution in [3.8, 4) is 0 Å². The van der Waals surface area contributed by atoms with Crippen LogP contribution in [0.25, 0.3) is 0 Å². The number of carbonyl (C=O) groups is 2. The number of hydrogen-bond acceptors (Lipinski definition) is 3. The molecule has 1 fully saturated rings. The second kappa shape index (κ2) is 4.22. The molecule has 1 unspecified atom stereocenters. The van der Waals surface area contributed by atoms with Crippen LogP contribution >= 0.6 is 0 Å². The molecule has 1 aromatic rings. The Morgan fingerprint density at radius 3 is 2.75 bits per heavy atom. The SMILES string of the molecule is CNC(=O)N1C(=O)OCC1c1ccccc1. The maximum atomic E-state index is 11.5. The van der Waals surface area contributed by atoms with Gasteiger partial charge in [0.1, 0.15) is 12.6 Å². The van der Waals surface area contributed by atoms with Crippen molar-refractivity contribution in [2.45, 2.75) is 6.04 Å². The Labute approximate surface area is 93.0 Å². The highest BCUT2D eigenvalue weighted by molar-refractivity contribution is 5.92. The van der Waals surface area contributed by atoms with Gasteiger partial charge in [0.05, 0.1) is 0 Å². The van der Waals surface area contributed by atoms with Crippen LogP contribution in [0.3, 0.4) is 0 Å². The van der Waals surface area contributed by atoms with Crippen LogP contribution < -0.4 is 5.32 Å². The van der Waals surface area contributed by atoms with Gasteiger partial charge in [0.2, 0.25) is 0 Å². The van der Waals surface area contributed by atoms with Crippen LogP contribution in [-0.4, -0.2) is 30.7 Å². The minimum atomic E-state index is -0.604. The maximum Gasteiger partial charge on any atom is 0.418 e. The molecular formula is C11H12N2O3. The molecule has 2 rings (SSSR count). The number of imide groups is 1. The number of urea groups is 1. The lowest BCUT2D eigenvalue weighted by atomic mass is 10.1. The molecule has 3 amide bonds. The maximum absolute atomic E-state index is 11.5. The van der Waals surface area contributed by atoms with Gasteiger partial charge in [-0.05, 0) is 5.56 Å². The molecule has 0 aromatic heterocycles. The highest BCUT2D eigenvalue weighted by Crippen LogP contribution is 2.27. The number of cyclic esters (lactones) is 1. The van der Waals surface area contributed by atoms with E-state index in [9.17, 15) is 9.59 Å². The molecule has 0 saturated carbocycles. The third kappa shape index (κ3) is 1.71. The van der Waals surface area contributed by atoms with Gasteiger partial charge in [-0.25, -0.2) is 14.5 Å². The predicted molar refractivity (Wildman–Crippen MR) is 56.8 cm³/mol. The molecule has 1 atom stereocenters. The van der Waals surface area contributed by atoms with E-state index in [0.29, 0.717) is 0 Å². The van der Waals surface area contributed by atoms with Crippen LogP contribution in [0.4, 0.5) is 9.59 Å². The molecule has 0 aliphatic carbocycles. The van der Waals surface area contributed by atoms with Gasteiger partial charge >= 0.3 is 12.1 Å². The van der Waals surface area contributed by atoms with Gasteiger partial charge in [-0.1, -0.05) is 30.3 Å². The summed E-state index contributed by atoms with van der Waals surface area (Å²) in [5.74, 6) is 0. The fraction of sp³-hybridized carbons (Fsp3) is 0.273. The van der Waals surface area contributed by atoms with Crippen molar-refractivity contribution in [1.82, 2.24) is 10.2 Å². The molecular weight excluding hydrogens is 208 g/mol. The minimum absolute atomic E-state index is 0.205. The van der Waals surface area contributed by atoms with Crippen LogP contribution in [-0.2, 0) is 4.74 Å². The first-order valence-corrected chi connectivity index (χ1v) is 4.96. The number of nitrogens with zero attached hydrogens (tertiary/aromatic N) is 1. The summed E-state index contributed by atoms with van der Waals surface area (Å²) < 4.78 is 4.88. The van der Waals surface area contributed by atoms with Gasteiger partial charge in [0.25, 0.3) is 0 Å². The standard InChI is InChI=1S/C11H12N2O3/c1-12-10(14)13-9(7-16-11(13)15)8-5-3-2-4-6-8/h2-6,9H,7H2,1H3,(H,12,14). The topological polar surface area (TPSA) is 58.6 Å². The average Bonchev–Trinajstić information content (AvgIpc) is 2.71. The fourth-order valence-electron chi connectivity index (χ4n) is 1.69. The van der Waals surface area contributed by atoms with Gasteiger partial charge in [-0.15, -0.1) is 0 Å². The quantitative estimate of drug-likeness (QED) is 0.780. The summed E-state index contributed by atoms with van der Waals surface area (Å²) in [5, 5.41) is 2.42. The van der Waals surface area contributed by atoms with Crippen molar-refractivity contribution >= 4 is 12.1 Å². The first-order valence-electron chi connectivity index (χ1n) is 4.96. The van der Waals surface area contributed by atoms with E-state index in [2.05, 4.69) is 5.32 Å². The molecule has 1 aliphatic rings. The highest BCUT2D eigenvalue weighted by atomic mass is 16.6. The van der Waals surface area contributed by atoms with Crippen LogP contribution in [0.1, 0.15) is 11.6 Å². The molecule has 0 spiro atoms. The van der Waals surface area contributed by atoms with E-state index in [1.54, 1.807) is 0 Å². The van der Waals surface area contributed by atoms with E-state index < -0.39 is 12.1 Å². The second-order valence-corrected chi connectivity index (χ2v) is 3.43. The number of hydrogen-bond donors (Lipinski definition) is 1. The molecule has 5 heteroatoms. The zero-order chi connectivity index (χ0) is 11.5. The third-order valence-corrected chi connectivity index (χ3v) is 2.49. The Kier molecular flexibility index (Phi) is 2.76. The van der Waals surface area contributed by atoms with E-state index in [4.69, 9.17) is 4.74 Å². The van der Waals surface area contributed by atoms with Crippen molar-refractivity contribution in [3.05, 3.63) is 35.9 Å². The second-order valence-electron chi connectivity index (χ2n) is 3.43. The van der Waals surface area contributed by atoms with Gasteiger partial charge in [-0.2, -0.15) is 0 Å². The van der Waals surface area contributed by atoms with Crippen molar-refractivity contribution in [1.29, 1.82) is 0 Å². The van der Waals surface area contributed by atoms with Crippen molar-refractivity contribution in [2.24, 2.45) is 0 Å². The molecule has 5 nitrogen and oxygen atoms in total. The summed E-state index contributed by atoms with van der Waals surface area (Å²) in [6.45, 7) is 0.205. The van der Waals surface area contributed by atoms with Crippen molar-refractivity contribution in [3.63, 3.8) is 0 Å². The Morgan fingerprint density at radius 1 is 1.44 bits per heavy atom. The van der Waals surface area contributed by atoms with E-state index in [0.717, 1.165) is 10.5 Å². The molecule has 16 heavy (non-hydrogen) atoms. The molecule has 1 N–H and O–H groups in total. The molecule has 1 aliphatic heterocycles. The Hall–Kier alpha value is -2.04. The van der Waals surface area contributed by atoms with Crippen molar-refractivity contribution in [2.75, 3.05) is 13.7 Å². The van der Waals surface area contributed by atoms with Crippen LogP contribution in [0.5, 0.6) is 0 Å². The summed E-state index contributed by atoms with van der Waals surface area (Å²) >= 11 is 0. The minimum Gasteiger partial charge on any atom is -0.446 e. The van der Waals surface area contributed by atoms with Gasteiger partial charge in [0, 0.05) is 7.05 Å². The summed E-state index contributed by atoms with van der Waals surface area (Å²) in [6.07, 6.45) is -0.604. The van der Waals surface area contributed by atoms with Crippen LogP contribution in [0.2, 0.25) is 0 Å². The lowest BCUT2D eigenvalue weighted by molar-refractivity contribution is 0.158. The van der Waals surface area contributed by atoms with Crippen LogP contribution in [0, 0.1) is 0 Å². The zero-order valence-electron chi connectivity index (χ0n) is 8.84. The summed E-state index contributed by atoms with van der Waals surface area (Å²) in [4.78, 5) is 24.0. The monoisotopic (exact) mass is 220 g/mol. The smallest absolute Gasteiger partial charge is 0.418 e. The lowest BCUT2D eigenvalue weighted by Gasteiger charge is -2.18. The molecule has 84 valence electrons. The number of rotatable bonds is 1. The summed E-state index contributed by atoms with van der Waals surface area (Å²) in [5.41, 5.74) is 0.886. The number of ether oxygens (including phenoxy) is 1. The number of nitrogens with one attached hydrogen (secondary N) is 1. The Bertz CT molecular complexity index is 405. The number of carbonyl (C=O) groups excluding carboxylic acids is 2. The van der Waals surface area contributed by atoms with Gasteiger partial charge < -0.3 is 10.1 Å².